The Labute approximate surface area is 109 Å². The average molecular weight is 252 g/mol. The van der Waals surface area contributed by atoms with Crippen LogP contribution in [-0.2, 0) is 0 Å². The summed E-state index contributed by atoms with van der Waals surface area (Å²) < 4.78 is 0. The maximum Gasteiger partial charge on any atom is 0.109 e. The Morgan fingerprint density at radius 1 is 1.41 bits per heavy atom. The Kier molecular flexibility index (Phi) is 5.46. The minimum Gasteiger partial charge on any atom is -0.308 e. The number of hydrogen-bond acceptors (Lipinski definition) is 3. The van der Waals surface area contributed by atoms with Crippen LogP contribution in [0.2, 0.25) is 0 Å². The van der Waals surface area contributed by atoms with E-state index in [0.717, 1.165) is 12.5 Å². The van der Waals surface area contributed by atoms with Crippen molar-refractivity contribution in [2.24, 2.45) is 5.92 Å². The molecule has 1 aliphatic carbocycles. The molecular formula is C14H24N2S. The molecule has 1 aromatic rings. The van der Waals surface area contributed by atoms with Gasteiger partial charge in [0.05, 0.1) is 6.04 Å². The molecule has 1 unspecified atom stereocenters. The van der Waals surface area contributed by atoms with Crippen LogP contribution in [0.1, 0.15) is 62.9 Å². The molecule has 0 amide bonds. The molecule has 17 heavy (non-hydrogen) atoms. The first-order chi connectivity index (χ1) is 8.40. The summed E-state index contributed by atoms with van der Waals surface area (Å²) in [6.07, 6.45) is 11.6. The number of aromatic nitrogens is 1. The highest BCUT2D eigenvalue weighted by Crippen LogP contribution is 2.32. The third kappa shape index (κ3) is 4.07. The van der Waals surface area contributed by atoms with Crippen LogP contribution in [0.3, 0.4) is 0 Å². The predicted octanol–water partition coefficient (Wildman–Crippen LogP) is 4.15. The number of hydrogen-bond donors (Lipinski definition) is 1. The van der Waals surface area contributed by atoms with Gasteiger partial charge in [-0.3, -0.25) is 0 Å². The van der Waals surface area contributed by atoms with E-state index >= 15 is 0 Å². The van der Waals surface area contributed by atoms with Gasteiger partial charge in [-0.2, -0.15) is 0 Å². The van der Waals surface area contributed by atoms with Crippen molar-refractivity contribution in [3.8, 4) is 0 Å². The number of nitrogens with one attached hydrogen (secondary N) is 1. The topological polar surface area (TPSA) is 24.9 Å². The highest BCUT2D eigenvalue weighted by Gasteiger charge is 2.21. The van der Waals surface area contributed by atoms with Crippen molar-refractivity contribution in [3.63, 3.8) is 0 Å². The van der Waals surface area contributed by atoms with E-state index in [-0.39, 0.29) is 0 Å². The number of rotatable bonds is 6. The van der Waals surface area contributed by atoms with Crippen molar-refractivity contribution in [2.45, 2.75) is 57.9 Å². The summed E-state index contributed by atoms with van der Waals surface area (Å²) in [6.45, 7) is 3.34. The molecule has 1 aliphatic rings. The summed E-state index contributed by atoms with van der Waals surface area (Å²) in [7, 11) is 0. The Bertz CT molecular complexity index is 291. The number of nitrogens with zero attached hydrogens (tertiary/aromatic N) is 1. The van der Waals surface area contributed by atoms with Gasteiger partial charge in [0, 0.05) is 11.6 Å². The Balaban J connectivity index is 1.90. The van der Waals surface area contributed by atoms with Gasteiger partial charge in [-0.25, -0.2) is 4.98 Å². The van der Waals surface area contributed by atoms with Crippen LogP contribution in [0.15, 0.2) is 11.6 Å². The maximum atomic E-state index is 4.49. The first-order valence-electron chi connectivity index (χ1n) is 7.03. The van der Waals surface area contributed by atoms with E-state index in [1.165, 1.54) is 50.0 Å². The minimum atomic E-state index is 0.498. The van der Waals surface area contributed by atoms with Gasteiger partial charge < -0.3 is 5.32 Å². The lowest BCUT2D eigenvalue weighted by Gasteiger charge is -2.26. The summed E-state index contributed by atoms with van der Waals surface area (Å²) in [5.74, 6) is 0.919. The maximum absolute atomic E-state index is 4.49. The molecule has 0 aliphatic heterocycles. The molecule has 1 heterocycles. The van der Waals surface area contributed by atoms with Gasteiger partial charge in [0.1, 0.15) is 5.01 Å². The monoisotopic (exact) mass is 252 g/mol. The first-order valence-corrected chi connectivity index (χ1v) is 7.91. The van der Waals surface area contributed by atoms with Gasteiger partial charge in [-0.15, -0.1) is 11.3 Å². The lowest BCUT2D eigenvalue weighted by atomic mass is 9.85. The second-order valence-electron chi connectivity index (χ2n) is 5.12. The van der Waals surface area contributed by atoms with E-state index in [2.05, 4.69) is 22.6 Å². The van der Waals surface area contributed by atoms with Crippen molar-refractivity contribution < 1.29 is 0 Å². The van der Waals surface area contributed by atoms with Crippen molar-refractivity contribution in [3.05, 3.63) is 16.6 Å². The van der Waals surface area contributed by atoms with Gasteiger partial charge in [0.2, 0.25) is 0 Å². The summed E-state index contributed by atoms with van der Waals surface area (Å²) in [4.78, 5) is 4.49. The average Bonchev–Trinajstić information content (AvgIpc) is 2.89. The fourth-order valence-electron chi connectivity index (χ4n) is 2.75. The summed E-state index contributed by atoms with van der Waals surface area (Å²) in [5, 5.41) is 7.04. The first kappa shape index (κ1) is 13.0. The predicted molar refractivity (Wildman–Crippen MR) is 74.3 cm³/mol. The van der Waals surface area contributed by atoms with Crippen molar-refractivity contribution >= 4 is 11.3 Å². The zero-order chi connectivity index (χ0) is 11.9. The molecule has 0 saturated heterocycles. The van der Waals surface area contributed by atoms with Crippen LogP contribution in [0.25, 0.3) is 0 Å². The van der Waals surface area contributed by atoms with Crippen LogP contribution in [0.5, 0.6) is 0 Å². The SMILES string of the molecule is CCCNC(CC1CCCCC1)c1nccs1. The van der Waals surface area contributed by atoms with E-state index in [4.69, 9.17) is 0 Å². The van der Waals surface area contributed by atoms with Crippen LogP contribution < -0.4 is 5.32 Å². The normalized spacial score (nSPS) is 19.4. The second kappa shape index (κ2) is 7.12. The third-order valence-electron chi connectivity index (χ3n) is 3.68. The van der Waals surface area contributed by atoms with Crippen LogP contribution >= 0.6 is 11.3 Å². The third-order valence-corrected chi connectivity index (χ3v) is 4.57. The minimum absolute atomic E-state index is 0.498. The lowest BCUT2D eigenvalue weighted by Crippen LogP contribution is -2.25. The quantitative estimate of drug-likeness (QED) is 0.822. The van der Waals surface area contributed by atoms with Crippen LogP contribution in [-0.4, -0.2) is 11.5 Å². The Hall–Kier alpha value is -0.410. The molecule has 0 aromatic carbocycles. The fraction of sp³-hybridized carbons (Fsp3) is 0.786. The molecule has 1 aromatic heterocycles. The lowest BCUT2D eigenvalue weighted by molar-refractivity contribution is 0.299. The second-order valence-corrected chi connectivity index (χ2v) is 6.04. The molecule has 1 fully saturated rings. The molecular weight excluding hydrogens is 228 g/mol. The fourth-order valence-corrected chi connectivity index (χ4v) is 3.48. The zero-order valence-electron chi connectivity index (χ0n) is 10.8. The van der Waals surface area contributed by atoms with Crippen LogP contribution in [0, 0.1) is 5.92 Å². The molecule has 96 valence electrons. The molecule has 1 atom stereocenters. The van der Waals surface area contributed by atoms with Gasteiger partial charge in [0.15, 0.2) is 0 Å². The Morgan fingerprint density at radius 3 is 2.88 bits per heavy atom. The van der Waals surface area contributed by atoms with E-state index in [1.54, 1.807) is 11.3 Å². The van der Waals surface area contributed by atoms with E-state index in [9.17, 15) is 0 Å². The smallest absolute Gasteiger partial charge is 0.109 e. The molecule has 3 heteroatoms. The van der Waals surface area contributed by atoms with E-state index in [0.29, 0.717) is 6.04 Å². The number of thiazole rings is 1. The van der Waals surface area contributed by atoms with Gasteiger partial charge in [0.25, 0.3) is 0 Å². The molecule has 0 spiro atoms. The molecule has 0 bridgehead atoms. The summed E-state index contributed by atoms with van der Waals surface area (Å²) in [6, 6.07) is 0.498. The van der Waals surface area contributed by atoms with E-state index in [1.807, 2.05) is 6.20 Å². The Morgan fingerprint density at radius 2 is 2.24 bits per heavy atom. The standard InChI is InChI=1S/C14H24N2S/c1-2-8-15-13(14-16-9-10-17-14)11-12-6-4-3-5-7-12/h9-10,12-13,15H,2-8,11H2,1H3. The highest BCUT2D eigenvalue weighted by molar-refractivity contribution is 7.09. The van der Waals surface area contributed by atoms with Crippen molar-refractivity contribution in [2.75, 3.05) is 6.54 Å². The van der Waals surface area contributed by atoms with Gasteiger partial charge in [-0.05, 0) is 25.3 Å². The summed E-state index contributed by atoms with van der Waals surface area (Å²) in [5.41, 5.74) is 0. The van der Waals surface area contributed by atoms with Crippen molar-refractivity contribution in [1.29, 1.82) is 0 Å². The zero-order valence-corrected chi connectivity index (χ0v) is 11.6. The van der Waals surface area contributed by atoms with Gasteiger partial charge in [-0.1, -0.05) is 39.0 Å². The molecule has 0 radical (unpaired) electrons. The molecule has 2 nitrogen and oxygen atoms in total. The van der Waals surface area contributed by atoms with E-state index < -0.39 is 0 Å². The van der Waals surface area contributed by atoms with Gasteiger partial charge >= 0.3 is 0 Å². The van der Waals surface area contributed by atoms with Crippen molar-refractivity contribution in [1.82, 2.24) is 10.3 Å². The molecule has 2 rings (SSSR count). The highest BCUT2D eigenvalue weighted by atomic mass is 32.1. The molecule has 1 saturated carbocycles. The summed E-state index contributed by atoms with van der Waals surface area (Å²) >= 11 is 1.80. The van der Waals surface area contributed by atoms with Crippen LogP contribution in [0.4, 0.5) is 0 Å². The molecule has 1 N–H and O–H groups in total. The largest absolute Gasteiger partial charge is 0.308 e.